The summed E-state index contributed by atoms with van der Waals surface area (Å²) in [5, 5.41) is 54.7. The molecule has 1 aliphatic heterocycles. The Morgan fingerprint density at radius 3 is 2.51 bits per heavy atom. The Morgan fingerprint density at radius 1 is 0.936 bits per heavy atom. The number of hydrogen-bond acceptors (Lipinski definition) is 7. The summed E-state index contributed by atoms with van der Waals surface area (Å²) in [6.45, 7) is -0.509. The second-order valence-electron chi connectivity index (χ2n) is 14.4. The summed E-state index contributed by atoms with van der Waals surface area (Å²) in [4.78, 5) is 4.17. The van der Waals surface area contributed by atoms with Gasteiger partial charge in [0.2, 0.25) is 5.75 Å². The van der Waals surface area contributed by atoms with Crippen LogP contribution in [0.5, 0.6) is 23.0 Å². The van der Waals surface area contributed by atoms with E-state index >= 15 is 0 Å². The number of nitrogens with zero attached hydrogens (tertiary/aromatic N) is 1. The molecule has 1 aromatic heterocycles. The highest BCUT2D eigenvalue weighted by molar-refractivity contribution is 5.64. The van der Waals surface area contributed by atoms with Gasteiger partial charge in [0, 0.05) is 34.9 Å². The number of phenols is 3. The number of methoxy groups -OCH3 is 1. The van der Waals surface area contributed by atoms with Crippen molar-refractivity contribution in [1.82, 2.24) is 4.98 Å². The first-order valence-electron chi connectivity index (χ1n) is 17.5. The molecule has 0 amide bonds. The fourth-order valence-corrected chi connectivity index (χ4v) is 9.38. The largest absolute Gasteiger partial charge is 0.670 e. The number of hydrogen-bond donors (Lipinski definition) is 5. The quantitative estimate of drug-likeness (QED) is 0.133. The monoisotopic (exact) mass is 642 g/mol. The molecule has 47 heavy (non-hydrogen) atoms. The van der Waals surface area contributed by atoms with Gasteiger partial charge in [-0.15, -0.1) is 0 Å². The zero-order chi connectivity index (χ0) is 32.7. The molecule has 8 heteroatoms. The third-order valence-electron chi connectivity index (χ3n) is 11.8. The minimum absolute atomic E-state index is 0.0274. The van der Waals surface area contributed by atoms with E-state index in [1.54, 1.807) is 12.4 Å². The third-order valence-corrected chi connectivity index (χ3v) is 11.8. The van der Waals surface area contributed by atoms with Gasteiger partial charge in [-0.1, -0.05) is 61.6 Å². The van der Waals surface area contributed by atoms with Crippen LogP contribution in [0.2, 0.25) is 0 Å². The first-order chi connectivity index (χ1) is 22.9. The summed E-state index contributed by atoms with van der Waals surface area (Å²) in [6.07, 6.45) is 17.2. The van der Waals surface area contributed by atoms with Crippen molar-refractivity contribution in [3.63, 3.8) is 0 Å². The minimum Gasteiger partial charge on any atom is -0.670 e. The van der Waals surface area contributed by atoms with Crippen molar-refractivity contribution in [2.75, 3.05) is 7.11 Å². The predicted molar refractivity (Wildman–Crippen MR) is 178 cm³/mol. The molecule has 3 fully saturated rings. The molecule has 8 nitrogen and oxygen atoms in total. The van der Waals surface area contributed by atoms with E-state index in [4.69, 9.17) is 9.47 Å². The Hall–Kier alpha value is -3.46. The molecule has 4 aliphatic rings. The second kappa shape index (κ2) is 13.6. The molecule has 5 N–H and O–H groups in total. The highest BCUT2D eigenvalue weighted by Crippen LogP contribution is 2.52. The number of aromatic nitrogens is 1. The summed E-state index contributed by atoms with van der Waals surface area (Å²) >= 11 is 0. The lowest BCUT2D eigenvalue weighted by molar-refractivity contribution is -0.154. The van der Waals surface area contributed by atoms with Crippen LogP contribution in [-0.4, -0.2) is 44.9 Å². The van der Waals surface area contributed by atoms with E-state index in [2.05, 4.69) is 23.2 Å². The van der Waals surface area contributed by atoms with E-state index in [1.165, 1.54) is 38.4 Å². The number of rotatable bonds is 8. The standard InChI is InChI=1S/C39H48NO7/c1-46-39-30(15-22-13-14-40-20-22)36(31(21-41)37(44)38(39)45)35-19-33(43)28-11-9-26(18-34(28)47-35)25-10-12-32(42)29(17-25)27-8-4-7-24(16-27)23-5-2-3-6-23/h4,8,10,12-14,17,20,23-24,26-28,33-35,41-45H,2-3,5-7,9,11,15-16,18-19,21H2,1H3/q-1/t24-,26-,27-,28+,33+,34+,35+/m1/s1. The van der Waals surface area contributed by atoms with E-state index in [0.717, 1.165) is 42.7 Å². The lowest BCUT2D eigenvalue weighted by atomic mass is 9.71. The van der Waals surface area contributed by atoms with Crippen LogP contribution in [0.4, 0.5) is 0 Å². The Labute approximate surface area is 277 Å². The number of aliphatic hydroxyl groups excluding tert-OH is 2. The number of phenolic OH excluding ortho intramolecular Hbond substituents is 2. The van der Waals surface area contributed by atoms with Crippen molar-refractivity contribution in [3.05, 3.63) is 82.2 Å². The molecule has 0 unspecified atom stereocenters. The van der Waals surface area contributed by atoms with E-state index in [9.17, 15) is 25.5 Å². The molecule has 2 saturated carbocycles. The first kappa shape index (κ1) is 32.1. The van der Waals surface area contributed by atoms with Crippen molar-refractivity contribution < 1.29 is 35.0 Å². The average Bonchev–Trinajstić information content (AvgIpc) is 3.82. The number of aromatic hydroxyl groups is 3. The van der Waals surface area contributed by atoms with Crippen molar-refractivity contribution in [2.24, 2.45) is 17.8 Å². The maximum absolute atomic E-state index is 11.5. The molecule has 2 aromatic carbocycles. The van der Waals surface area contributed by atoms with Crippen LogP contribution in [0.3, 0.4) is 0 Å². The number of benzene rings is 2. The van der Waals surface area contributed by atoms with E-state index in [-0.39, 0.29) is 35.2 Å². The van der Waals surface area contributed by atoms with Crippen LogP contribution >= 0.6 is 0 Å². The van der Waals surface area contributed by atoms with Gasteiger partial charge in [-0.3, -0.25) is 0 Å². The lowest BCUT2D eigenvalue weighted by Gasteiger charge is -2.45. The normalized spacial score (nSPS) is 29.6. The Morgan fingerprint density at radius 2 is 1.77 bits per heavy atom. The summed E-state index contributed by atoms with van der Waals surface area (Å²) in [5.41, 5.74) is 4.42. The number of allylic oxidation sites excluding steroid dienone is 2. The summed E-state index contributed by atoms with van der Waals surface area (Å²) < 4.78 is 12.4. The van der Waals surface area contributed by atoms with Crippen molar-refractivity contribution in [1.29, 1.82) is 0 Å². The topological polar surface area (TPSA) is 134 Å². The van der Waals surface area contributed by atoms with Gasteiger partial charge >= 0.3 is 0 Å². The van der Waals surface area contributed by atoms with Crippen molar-refractivity contribution in [2.45, 2.75) is 107 Å². The predicted octanol–water partition coefficient (Wildman–Crippen LogP) is 6.87. The Balaban J connectivity index is 1.16. The zero-order valence-corrected chi connectivity index (χ0v) is 27.2. The van der Waals surface area contributed by atoms with Gasteiger partial charge in [-0.05, 0) is 73.5 Å². The van der Waals surface area contributed by atoms with E-state index in [1.807, 2.05) is 18.2 Å². The Kier molecular flexibility index (Phi) is 9.27. The smallest absolute Gasteiger partial charge is 0.201 e. The lowest BCUT2D eigenvalue weighted by Crippen LogP contribution is -2.44. The summed E-state index contributed by atoms with van der Waals surface area (Å²) in [6, 6.07) is 7.98. The second-order valence-corrected chi connectivity index (χ2v) is 14.4. The summed E-state index contributed by atoms with van der Waals surface area (Å²) in [5.74, 6) is 1.50. The molecule has 7 atom stereocenters. The van der Waals surface area contributed by atoms with Gasteiger partial charge in [0.1, 0.15) is 5.75 Å². The Bertz CT molecular complexity index is 1580. The van der Waals surface area contributed by atoms with Crippen molar-refractivity contribution in [3.8, 4) is 23.0 Å². The van der Waals surface area contributed by atoms with Crippen molar-refractivity contribution >= 4 is 0 Å². The number of fused-ring (bicyclic) bond motifs is 1. The molecule has 0 radical (unpaired) electrons. The molecule has 0 bridgehead atoms. The van der Waals surface area contributed by atoms with Gasteiger partial charge < -0.3 is 40.0 Å². The molecule has 2 heterocycles. The maximum Gasteiger partial charge on any atom is 0.201 e. The molecular weight excluding hydrogens is 594 g/mol. The number of aliphatic hydroxyl groups is 2. The van der Waals surface area contributed by atoms with Gasteiger partial charge in [0.05, 0.1) is 32.0 Å². The SMILES string of the molecule is COc1c(O)c(O)c(CO)c([C@@H]2C[C@H](O)[C@@H]3CC[C@@H](c4ccc(O)c([C@@H]5C=CC[C@@H](C6CCCC6)C5)c4)C[C@@H]3O2)c1Cc1cc[n-]c1. The van der Waals surface area contributed by atoms with Crippen LogP contribution in [0.1, 0.15) is 116 Å². The van der Waals surface area contributed by atoms with E-state index < -0.39 is 30.3 Å². The van der Waals surface area contributed by atoms with Crippen LogP contribution in [-0.2, 0) is 17.8 Å². The third kappa shape index (κ3) is 6.16. The van der Waals surface area contributed by atoms with Crippen LogP contribution in [0.25, 0.3) is 0 Å². The highest BCUT2D eigenvalue weighted by Gasteiger charge is 2.44. The van der Waals surface area contributed by atoms with E-state index in [0.29, 0.717) is 42.1 Å². The maximum atomic E-state index is 11.5. The zero-order valence-electron chi connectivity index (χ0n) is 27.2. The highest BCUT2D eigenvalue weighted by atomic mass is 16.5. The average molecular weight is 643 g/mol. The molecule has 0 spiro atoms. The van der Waals surface area contributed by atoms with Crippen LogP contribution in [0.15, 0.2) is 48.8 Å². The fourth-order valence-electron chi connectivity index (χ4n) is 9.38. The molecule has 3 aromatic rings. The van der Waals surface area contributed by atoms with Crippen LogP contribution < -0.4 is 9.72 Å². The molecule has 252 valence electrons. The molecule has 1 saturated heterocycles. The first-order valence-corrected chi connectivity index (χ1v) is 17.5. The molecule has 3 aliphatic carbocycles. The van der Waals surface area contributed by atoms with Gasteiger partial charge in [-0.2, -0.15) is 12.4 Å². The minimum atomic E-state index is -0.628. The molecular formula is C39H48NO7-. The fraction of sp³-hybridized carbons (Fsp3) is 0.538. The molecule has 7 rings (SSSR count). The van der Waals surface area contributed by atoms with Gasteiger partial charge in [0.25, 0.3) is 0 Å². The van der Waals surface area contributed by atoms with Crippen LogP contribution in [0, 0.1) is 17.8 Å². The van der Waals surface area contributed by atoms with Gasteiger partial charge in [-0.25, -0.2) is 0 Å². The summed E-state index contributed by atoms with van der Waals surface area (Å²) in [7, 11) is 1.44. The number of ether oxygens (including phenoxy) is 2. The van der Waals surface area contributed by atoms with Gasteiger partial charge in [0.15, 0.2) is 11.5 Å².